The normalized spacial score (nSPS) is 13.9. The lowest BCUT2D eigenvalue weighted by Gasteiger charge is -2.13. The molecule has 0 saturated heterocycles. The van der Waals surface area contributed by atoms with Crippen LogP contribution in [0.3, 0.4) is 0 Å². The van der Waals surface area contributed by atoms with Crippen LogP contribution in [0.15, 0.2) is 30.3 Å². The number of rotatable bonds is 5. The summed E-state index contributed by atoms with van der Waals surface area (Å²) in [6.45, 7) is 1.37. The van der Waals surface area contributed by atoms with Crippen molar-refractivity contribution in [1.29, 1.82) is 0 Å². The largest absolute Gasteiger partial charge is 0.454 e. The fourth-order valence-corrected chi connectivity index (χ4v) is 3.46. The fraction of sp³-hybridized carbons (Fsp3) is 0.267. The van der Waals surface area contributed by atoms with Crippen molar-refractivity contribution in [2.24, 2.45) is 0 Å². The van der Waals surface area contributed by atoms with Gasteiger partial charge in [0.15, 0.2) is 18.0 Å². The minimum atomic E-state index is -0.0426. The number of fused-ring (bicyclic) bond motifs is 1. The van der Waals surface area contributed by atoms with E-state index in [1.165, 1.54) is 4.88 Å². The lowest BCUT2D eigenvalue weighted by Crippen LogP contribution is -3.08. The number of carbonyl (C=O) groups excluding carboxylic acids is 1. The maximum atomic E-state index is 12.1. The highest BCUT2D eigenvalue weighted by Gasteiger charge is 2.16. The first kappa shape index (κ1) is 15.1. The molecule has 1 aliphatic rings. The first-order valence-electron chi connectivity index (χ1n) is 6.85. The minimum absolute atomic E-state index is 0.0426. The maximum absolute atomic E-state index is 12.1. The van der Waals surface area contributed by atoms with Crippen molar-refractivity contribution < 1.29 is 19.2 Å². The number of nitrogens with one attached hydrogen (secondary N) is 2. The maximum Gasteiger partial charge on any atom is 0.279 e. The lowest BCUT2D eigenvalue weighted by atomic mass is 10.2. The molecule has 22 heavy (non-hydrogen) atoms. The summed E-state index contributed by atoms with van der Waals surface area (Å²) in [5.74, 6) is 1.32. The van der Waals surface area contributed by atoms with Crippen molar-refractivity contribution in [2.45, 2.75) is 6.54 Å². The zero-order valence-electron chi connectivity index (χ0n) is 12.0. The molecule has 1 unspecified atom stereocenters. The van der Waals surface area contributed by atoms with Gasteiger partial charge in [-0.2, -0.15) is 0 Å². The van der Waals surface area contributed by atoms with Gasteiger partial charge in [0.25, 0.3) is 5.91 Å². The van der Waals surface area contributed by atoms with Gasteiger partial charge in [0.2, 0.25) is 6.79 Å². The molecule has 3 rings (SSSR count). The van der Waals surface area contributed by atoms with Crippen molar-refractivity contribution in [3.05, 3.63) is 39.5 Å². The molecule has 0 saturated carbocycles. The molecular weight excluding hydrogens is 324 g/mol. The first-order chi connectivity index (χ1) is 10.6. The molecule has 0 aliphatic carbocycles. The Balaban J connectivity index is 1.53. The lowest BCUT2D eigenvalue weighted by molar-refractivity contribution is -0.884. The third-order valence-corrected chi connectivity index (χ3v) is 4.45. The minimum Gasteiger partial charge on any atom is -0.454 e. The van der Waals surface area contributed by atoms with Crippen LogP contribution in [0.25, 0.3) is 0 Å². The van der Waals surface area contributed by atoms with Gasteiger partial charge in [-0.25, -0.2) is 0 Å². The Kier molecular flexibility index (Phi) is 4.52. The van der Waals surface area contributed by atoms with Gasteiger partial charge < -0.3 is 19.7 Å². The van der Waals surface area contributed by atoms with Gasteiger partial charge in [0.1, 0.15) is 6.54 Å². The number of ether oxygens (including phenoxy) is 2. The number of amides is 1. The number of halogens is 1. The van der Waals surface area contributed by atoms with E-state index in [9.17, 15) is 4.79 Å². The molecule has 116 valence electrons. The number of thiophene rings is 1. The van der Waals surface area contributed by atoms with E-state index >= 15 is 0 Å². The molecule has 0 spiro atoms. The Morgan fingerprint density at radius 3 is 2.91 bits per heavy atom. The van der Waals surface area contributed by atoms with E-state index in [-0.39, 0.29) is 12.7 Å². The predicted octanol–water partition coefficient (Wildman–Crippen LogP) is 1.78. The van der Waals surface area contributed by atoms with Crippen LogP contribution in [-0.2, 0) is 11.3 Å². The Bertz CT molecular complexity index is 689. The molecular formula is C15H16ClN2O3S+. The average molecular weight is 340 g/mol. The fourth-order valence-electron chi connectivity index (χ4n) is 2.26. The van der Waals surface area contributed by atoms with Crippen LogP contribution in [-0.4, -0.2) is 26.3 Å². The highest BCUT2D eigenvalue weighted by atomic mass is 35.5. The summed E-state index contributed by atoms with van der Waals surface area (Å²) < 4.78 is 11.3. The Hall–Kier alpha value is -1.76. The van der Waals surface area contributed by atoms with Crippen molar-refractivity contribution >= 4 is 34.5 Å². The van der Waals surface area contributed by atoms with Crippen LogP contribution in [0.5, 0.6) is 11.5 Å². The van der Waals surface area contributed by atoms with E-state index in [1.54, 1.807) is 29.5 Å². The number of anilines is 1. The number of hydrogen-bond acceptors (Lipinski definition) is 4. The zero-order chi connectivity index (χ0) is 15.5. The smallest absolute Gasteiger partial charge is 0.279 e. The third kappa shape index (κ3) is 3.71. The van der Waals surface area contributed by atoms with Gasteiger partial charge in [-0.05, 0) is 24.3 Å². The molecule has 2 N–H and O–H groups in total. The Morgan fingerprint density at radius 2 is 2.14 bits per heavy atom. The number of carbonyl (C=O) groups is 1. The highest BCUT2D eigenvalue weighted by Crippen LogP contribution is 2.34. The van der Waals surface area contributed by atoms with Crippen LogP contribution < -0.4 is 19.7 Å². The molecule has 2 aromatic rings. The van der Waals surface area contributed by atoms with E-state index in [0.29, 0.717) is 23.7 Å². The first-order valence-corrected chi connectivity index (χ1v) is 8.04. The summed E-state index contributed by atoms with van der Waals surface area (Å²) >= 11 is 7.45. The molecule has 0 fully saturated rings. The second-order valence-electron chi connectivity index (χ2n) is 5.13. The monoisotopic (exact) mass is 339 g/mol. The van der Waals surface area contributed by atoms with Crippen LogP contribution in [0.1, 0.15) is 4.88 Å². The predicted molar refractivity (Wildman–Crippen MR) is 86.0 cm³/mol. The van der Waals surface area contributed by atoms with Crippen LogP contribution in [0.2, 0.25) is 4.34 Å². The number of quaternary nitrogens is 1. The summed E-state index contributed by atoms with van der Waals surface area (Å²) in [7, 11) is 1.98. The number of hydrogen-bond donors (Lipinski definition) is 2. The highest BCUT2D eigenvalue weighted by molar-refractivity contribution is 7.16. The van der Waals surface area contributed by atoms with E-state index in [4.69, 9.17) is 21.1 Å². The Morgan fingerprint density at radius 1 is 1.32 bits per heavy atom. The van der Waals surface area contributed by atoms with Gasteiger partial charge in [0.05, 0.1) is 16.3 Å². The number of likely N-dealkylation sites (N-methyl/N-ethyl adjacent to an activating group) is 1. The van der Waals surface area contributed by atoms with Crippen molar-refractivity contribution in [3.63, 3.8) is 0 Å². The molecule has 1 aromatic carbocycles. The third-order valence-electron chi connectivity index (χ3n) is 3.22. The molecule has 2 heterocycles. The molecule has 1 amide bonds. The summed E-state index contributed by atoms with van der Waals surface area (Å²) in [5, 5.41) is 2.88. The van der Waals surface area contributed by atoms with Gasteiger partial charge in [0, 0.05) is 11.8 Å². The Labute approximate surface area is 137 Å². The zero-order valence-corrected chi connectivity index (χ0v) is 13.6. The van der Waals surface area contributed by atoms with Crippen LogP contribution in [0.4, 0.5) is 5.69 Å². The second-order valence-corrected chi connectivity index (χ2v) is 6.93. The van der Waals surface area contributed by atoms with Gasteiger partial charge in [-0.1, -0.05) is 11.6 Å². The van der Waals surface area contributed by atoms with Crippen molar-refractivity contribution in [2.75, 3.05) is 25.7 Å². The van der Waals surface area contributed by atoms with Crippen LogP contribution in [0, 0.1) is 0 Å². The summed E-state index contributed by atoms with van der Waals surface area (Å²) in [6.07, 6.45) is 0. The molecule has 0 bridgehead atoms. The van der Waals surface area contributed by atoms with Gasteiger partial charge in [-0.3, -0.25) is 4.79 Å². The molecule has 1 aromatic heterocycles. The standard InChI is InChI=1S/C15H15ClN2O3S/c1-18(7-11-3-5-14(16)22-11)8-15(19)17-10-2-4-12-13(6-10)21-9-20-12/h2-6H,7-9H2,1H3,(H,17,19)/p+1. The number of benzene rings is 1. The molecule has 5 nitrogen and oxygen atoms in total. The van der Waals surface area contributed by atoms with E-state index < -0.39 is 0 Å². The van der Waals surface area contributed by atoms with Crippen molar-refractivity contribution in [3.8, 4) is 11.5 Å². The van der Waals surface area contributed by atoms with Crippen molar-refractivity contribution in [1.82, 2.24) is 0 Å². The average Bonchev–Trinajstić information content (AvgIpc) is 3.06. The molecule has 0 radical (unpaired) electrons. The van der Waals surface area contributed by atoms with E-state index in [2.05, 4.69) is 5.32 Å². The summed E-state index contributed by atoms with van der Waals surface area (Å²) in [6, 6.07) is 9.24. The second kappa shape index (κ2) is 6.56. The van der Waals surface area contributed by atoms with Gasteiger partial charge >= 0.3 is 0 Å². The van der Waals surface area contributed by atoms with Crippen LogP contribution >= 0.6 is 22.9 Å². The molecule has 7 heteroatoms. The van der Waals surface area contributed by atoms with E-state index in [1.807, 2.05) is 19.2 Å². The summed E-state index contributed by atoms with van der Waals surface area (Å²) in [4.78, 5) is 14.4. The quantitative estimate of drug-likeness (QED) is 0.873. The van der Waals surface area contributed by atoms with Gasteiger partial charge in [-0.15, -0.1) is 11.3 Å². The molecule has 1 aliphatic heterocycles. The SMILES string of the molecule is C[NH+](CC(=O)Nc1ccc2c(c1)OCO2)Cc1ccc(Cl)s1. The molecule has 1 atom stereocenters. The summed E-state index contributed by atoms with van der Waals surface area (Å²) in [5.41, 5.74) is 0.709. The topological polar surface area (TPSA) is 52.0 Å². The van der Waals surface area contributed by atoms with E-state index in [0.717, 1.165) is 15.8 Å².